The summed E-state index contributed by atoms with van der Waals surface area (Å²) in [6, 6.07) is 42.4. The maximum atomic E-state index is 6.63. The van der Waals surface area contributed by atoms with Crippen LogP contribution in [-0.4, -0.2) is 9.97 Å². The Balaban J connectivity index is 0.000000217. The molecule has 5 aromatic carbocycles. The number of aryl methyl sites for hydroxylation is 2. The van der Waals surface area contributed by atoms with Crippen molar-refractivity contribution in [2.45, 2.75) is 41.0 Å². The monoisotopic (exact) mass is 789 g/mol. The Morgan fingerprint density at radius 3 is 2.21 bits per heavy atom. The standard InChI is InChI=1S/C30H24NO.C13H12N.Ir/c1-30(2,3)18-19-15-16-31-26(17-19)25-10-6-9-23-24-14-13-21-12-11-20-7-4-5-8-22(20)27(21)29(24)32-28(23)25;1-10-3-6-12(7-4-10)13-8-5-11(2)9-14-13;/h4-9,11-17H,18H2,1-3H3;3-6,8-9H,1-2H3;/q2*-1;. The molecule has 3 heterocycles. The molecule has 235 valence electrons. The molecule has 0 aliphatic carbocycles. The van der Waals surface area contributed by atoms with Crippen molar-refractivity contribution in [1.82, 2.24) is 9.97 Å². The first kappa shape index (κ1) is 32.3. The van der Waals surface area contributed by atoms with Crippen molar-refractivity contribution >= 4 is 43.5 Å². The molecule has 0 unspecified atom stereocenters. The summed E-state index contributed by atoms with van der Waals surface area (Å²) in [6.07, 6.45) is 4.77. The molecule has 0 amide bonds. The van der Waals surface area contributed by atoms with Crippen LogP contribution in [0.4, 0.5) is 0 Å². The van der Waals surface area contributed by atoms with E-state index in [0.29, 0.717) is 0 Å². The molecule has 0 aliphatic rings. The summed E-state index contributed by atoms with van der Waals surface area (Å²) >= 11 is 0. The second-order valence-electron chi connectivity index (χ2n) is 13.3. The number of pyridine rings is 2. The van der Waals surface area contributed by atoms with Gasteiger partial charge in [0.05, 0.1) is 5.58 Å². The molecule has 8 rings (SSSR count). The van der Waals surface area contributed by atoms with Gasteiger partial charge >= 0.3 is 0 Å². The van der Waals surface area contributed by atoms with Gasteiger partial charge in [0, 0.05) is 43.3 Å². The van der Waals surface area contributed by atoms with Crippen molar-refractivity contribution in [3.05, 3.63) is 144 Å². The zero-order valence-corrected chi connectivity index (χ0v) is 29.7. The molecule has 0 spiro atoms. The third-order valence-electron chi connectivity index (χ3n) is 8.28. The van der Waals surface area contributed by atoms with Gasteiger partial charge in [-0.05, 0) is 57.9 Å². The molecule has 0 saturated heterocycles. The summed E-state index contributed by atoms with van der Waals surface area (Å²) in [5.74, 6) is 0. The number of aromatic nitrogens is 2. The van der Waals surface area contributed by atoms with Crippen LogP contribution >= 0.6 is 0 Å². The van der Waals surface area contributed by atoms with Crippen LogP contribution in [0.5, 0.6) is 0 Å². The fourth-order valence-corrected chi connectivity index (χ4v) is 6.10. The predicted molar refractivity (Wildman–Crippen MR) is 192 cm³/mol. The molecule has 1 radical (unpaired) electrons. The van der Waals surface area contributed by atoms with Crippen molar-refractivity contribution in [2.24, 2.45) is 5.41 Å². The van der Waals surface area contributed by atoms with Gasteiger partial charge in [0.1, 0.15) is 5.58 Å². The number of rotatable bonds is 3. The first-order valence-electron chi connectivity index (χ1n) is 15.8. The van der Waals surface area contributed by atoms with E-state index in [1.54, 1.807) is 0 Å². The van der Waals surface area contributed by atoms with E-state index in [0.717, 1.165) is 56.3 Å². The SMILES string of the molecule is CC(C)(C)Cc1ccnc(-c2[c-]ccc3c2oc2c3ccc3ccc4ccccc4c32)c1.Cc1c[c-]c(-c2ccc(C)cn2)cc1.[Ir]. The van der Waals surface area contributed by atoms with Crippen molar-refractivity contribution < 1.29 is 24.5 Å². The number of fused-ring (bicyclic) bond motifs is 7. The first-order valence-corrected chi connectivity index (χ1v) is 15.8. The van der Waals surface area contributed by atoms with Crippen LogP contribution in [0.2, 0.25) is 0 Å². The van der Waals surface area contributed by atoms with Gasteiger partial charge in [-0.15, -0.1) is 53.6 Å². The van der Waals surface area contributed by atoms with Gasteiger partial charge in [-0.25, -0.2) is 0 Å². The Kier molecular flexibility index (Phi) is 9.10. The molecule has 4 heteroatoms. The molecule has 0 saturated carbocycles. The Hall–Kier alpha value is -4.63. The quantitative estimate of drug-likeness (QED) is 0.132. The van der Waals surface area contributed by atoms with Crippen molar-refractivity contribution in [2.75, 3.05) is 0 Å². The van der Waals surface area contributed by atoms with Crippen molar-refractivity contribution in [3.63, 3.8) is 0 Å². The summed E-state index contributed by atoms with van der Waals surface area (Å²) in [5.41, 5.74) is 9.54. The van der Waals surface area contributed by atoms with Crippen LogP contribution in [-0.2, 0) is 26.5 Å². The van der Waals surface area contributed by atoms with Crippen LogP contribution in [0, 0.1) is 31.4 Å². The number of hydrogen-bond acceptors (Lipinski definition) is 3. The van der Waals surface area contributed by atoms with Crippen molar-refractivity contribution in [1.29, 1.82) is 0 Å². The largest absolute Gasteiger partial charge is 0.500 e. The molecule has 47 heavy (non-hydrogen) atoms. The average Bonchev–Trinajstić information content (AvgIpc) is 3.44. The van der Waals surface area contributed by atoms with E-state index in [1.165, 1.54) is 32.8 Å². The van der Waals surface area contributed by atoms with Gasteiger partial charge in [0.2, 0.25) is 0 Å². The van der Waals surface area contributed by atoms with Crippen molar-refractivity contribution in [3.8, 4) is 22.5 Å². The van der Waals surface area contributed by atoms with Gasteiger partial charge in [-0.3, -0.25) is 0 Å². The molecular formula is C43H36IrN2O-2. The summed E-state index contributed by atoms with van der Waals surface area (Å²) < 4.78 is 6.63. The maximum absolute atomic E-state index is 6.63. The summed E-state index contributed by atoms with van der Waals surface area (Å²) in [4.78, 5) is 9.03. The fraction of sp³-hybridized carbons (Fsp3) is 0.163. The first-order chi connectivity index (χ1) is 22.2. The molecule has 0 atom stereocenters. The third kappa shape index (κ3) is 6.76. The summed E-state index contributed by atoms with van der Waals surface area (Å²) in [7, 11) is 0. The average molecular weight is 789 g/mol. The number of furan rings is 1. The van der Waals surface area contributed by atoms with E-state index in [9.17, 15) is 0 Å². The zero-order chi connectivity index (χ0) is 31.8. The number of benzene rings is 5. The van der Waals surface area contributed by atoms with E-state index in [2.05, 4.69) is 129 Å². The topological polar surface area (TPSA) is 38.9 Å². The van der Waals surface area contributed by atoms with Crippen LogP contribution in [0.1, 0.15) is 37.5 Å². The van der Waals surface area contributed by atoms with Crippen LogP contribution < -0.4 is 0 Å². The molecule has 3 aromatic heterocycles. The molecule has 0 fully saturated rings. The molecular weight excluding hydrogens is 753 g/mol. The fourth-order valence-electron chi connectivity index (χ4n) is 6.10. The Bertz CT molecular complexity index is 2290. The Morgan fingerprint density at radius 2 is 1.45 bits per heavy atom. The van der Waals surface area contributed by atoms with E-state index in [4.69, 9.17) is 4.42 Å². The minimum absolute atomic E-state index is 0. The van der Waals surface area contributed by atoms with Crippen LogP contribution in [0.15, 0.2) is 120 Å². The maximum Gasteiger partial charge on any atom is 0.129 e. The van der Waals surface area contributed by atoms with Crippen LogP contribution in [0.25, 0.3) is 66.0 Å². The number of hydrogen-bond donors (Lipinski definition) is 0. The Labute approximate surface area is 290 Å². The van der Waals surface area contributed by atoms with Gasteiger partial charge in [0.15, 0.2) is 0 Å². The number of nitrogens with zero attached hydrogens (tertiary/aromatic N) is 2. The predicted octanol–water partition coefficient (Wildman–Crippen LogP) is 11.5. The molecule has 0 N–H and O–H groups in total. The minimum atomic E-state index is 0. The molecule has 0 aliphatic heterocycles. The summed E-state index contributed by atoms with van der Waals surface area (Å²) in [5, 5.41) is 7.02. The second-order valence-corrected chi connectivity index (χ2v) is 13.3. The zero-order valence-electron chi connectivity index (χ0n) is 27.3. The van der Waals surface area contributed by atoms with E-state index >= 15 is 0 Å². The Morgan fingerprint density at radius 1 is 0.681 bits per heavy atom. The molecule has 3 nitrogen and oxygen atoms in total. The second kappa shape index (κ2) is 13.2. The minimum Gasteiger partial charge on any atom is -0.500 e. The van der Waals surface area contributed by atoms with Gasteiger partial charge in [-0.2, -0.15) is 0 Å². The van der Waals surface area contributed by atoms with E-state index in [-0.39, 0.29) is 25.5 Å². The molecule has 0 bridgehead atoms. The summed E-state index contributed by atoms with van der Waals surface area (Å²) in [6.45, 7) is 10.9. The van der Waals surface area contributed by atoms with Crippen LogP contribution in [0.3, 0.4) is 0 Å². The normalized spacial score (nSPS) is 11.4. The van der Waals surface area contributed by atoms with E-state index in [1.807, 2.05) is 43.6 Å². The van der Waals surface area contributed by atoms with Gasteiger partial charge in [-0.1, -0.05) is 111 Å². The third-order valence-corrected chi connectivity index (χ3v) is 8.28. The smallest absolute Gasteiger partial charge is 0.129 e. The van der Waals surface area contributed by atoms with Gasteiger partial charge in [0.25, 0.3) is 0 Å². The van der Waals surface area contributed by atoms with E-state index < -0.39 is 0 Å². The van der Waals surface area contributed by atoms with Gasteiger partial charge < -0.3 is 14.4 Å². The molecule has 8 aromatic rings.